The molecule has 0 radical (unpaired) electrons. The lowest BCUT2D eigenvalue weighted by molar-refractivity contribution is 0.112. The van der Waals surface area contributed by atoms with Crippen LogP contribution in [0.15, 0.2) is 36.4 Å². The molecule has 0 atom stereocenters. The largest absolute Gasteiger partial charge is 0.488 e. The monoisotopic (exact) mass is 390 g/mol. The molecule has 98 valence electrons. The molecule has 19 heavy (non-hydrogen) atoms. The molecule has 0 unspecified atom stereocenters. The molecular formula is C14H9ClFIO2. The average Bonchev–Trinajstić information content (AvgIpc) is 2.39. The van der Waals surface area contributed by atoms with Gasteiger partial charge in [0.15, 0.2) is 0 Å². The fourth-order valence-electron chi connectivity index (χ4n) is 1.50. The number of rotatable bonds is 4. The summed E-state index contributed by atoms with van der Waals surface area (Å²) < 4.78 is 19.3. The summed E-state index contributed by atoms with van der Waals surface area (Å²) in [4.78, 5) is 10.6. The van der Waals surface area contributed by atoms with Crippen molar-refractivity contribution in [2.24, 2.45) is 0 Å². The van der Waals surface area contributed by atoms with Gasteiger partial charge in [-0.3, -0.25) is 4.79 Å². The predicted molar refractivity (Wildman–Crippen MR) is 80.3 cm³/mol. The SMILES string of the molecule is O=Cc1ccc(OCc2ccc(F)cc2Cl)c(I)c1. The van der Waals surface area contributed by atoms with E-state index < -0.39 is 0 Å². The van der Waals surface area contributed by atoms with E-state index in [-0.39, 0.29) is 12.4 Å². The van der Waals surface area contributed by atoms with Gasteiger partial charge in [0.1, 0.15) is 24.5 Å². The molecule has 0 saturated carbocycles. The van der Waals surface area contributed by atoms with Gasteiger partial charge in [0.2, 0.25) is 0 Å². The van der Waals surface area contributed by atoms with Crippen LogP contribution in [0.2, 0.25) is 5.02 Å². The van der Waals surface area contributed by atoms with Crippen LogP contribution in [0.4, 0.5) is 4.39 Å². The molecule has 0 amide bonds. The number of ether oxygens (including phenoxy) is 1. The molecule has 0 aliphatic rings. The summed E-state index contributed by atoms with van der Waals surface area (Å²) in [5, 5.41) is 0.333. The second-order valence-electron chi connectivity index (χ2n) is 3.83. The Balaban J connectivity index is 2.12. The number of aldehydes is 1. The van der Waals surface area contributed by atoms with Gasteiger partial charge in [-0.2, -0.15) is 0 Å². The Hall–Kier alpha value is -1.14. The highest BCUT2D eigenvalue weighted by molar-refractivity contribution is 14.1. The Bertz CT molecular complexity index is 616. The van der Waals surface area contributed by atoms with Crippen molar-refractivity contribution in [1.29, 1.82) is 0 Å². The van der Waals surface area contributed by atoms with E-state index in [4.69, 9.17) is 16.3 Å². The van der Waals surface area contributed by atoms with Crippen molar-refractivity contribution < 1.29 is 13.9 Å². The lowest BCUT2D eigenvalue weighted by Gasteiger charge is -2.09. The summed E-state index contributed by atoms with van der Waals surface area (Å²) in [5.74, 6) is 0.283. The number of hydrogen-bond donors (Lipinski definition) is 0. The van der Waals surface area contributed by atoms with Gasteiger partial charge in [0, 0.05) is 11.1 Å². The first kappa shape index (κ1) is 14.3. The third-order valence-corrected chi connectivity index (χ3v) is 3.69. The zero-order chi connectivity index (χ0) is 13.8. The minimum Gasteiger partial charge on any atom is -0.488 e. The van der Waals surface area contributed by atoms with E-state index in [2.05, 4.69) is 22.6 Å². The first-order valence-electron chi connectivity index (χ1n) is 5.41. The number of halogens is 3. The third kappa shape index (κ3) is 3.67. The lowest BCUT2D eigenvalue weighted by Crippen LogP contribution is -1.98. The number of benzene rings is 2. The third-order valence-electron chi connectivity index (χ3n) is 2.49. The zero-order valence-corrected chi connectivity index (χ0v) is 12.6. The quantitative estimate of drug-likeness (QED) is 0.568. The molecule has 5 heteroatoms. The molecule has 2 aromatic carbocycles. The second-order valence-corrected chi connectivity index (χ2v) is 5.40. The second kappa shape index (κ2) is 6.34. The van der Waals surface area contributed by atoms with E-state index >= 15 is 0 Å². The van der Waals surface area contributed by atoms with E-state index in [1.807, 2.05) is 0 Å². The highest BCUT2D eigenvalue weighted by Crippen LogP contribution is 2.24. The first-order chi connectivity index (χ1) is 9.10. The molecule has 2 aromatic rings. The van der Waals surface area contributed by atoms with E-state index in [0.717, 1.165) is 9.86 Å². The Morgan fingerprint density at radius 1 is 1.26 bits per heavy atom. The molecule has 0 aliphatic carbocycles. The maximum absolute atomic E-state index is 12.9. The van der Waals surface area contributed by atoms with E-state index in [0.29, 0.717) is 21.9 Å². The van der Waals surface area contributed by atoms with Gasteiger partial charge in [-0.1, -0.05) is 17.7 Å². The van der Waals surface area contributed by atoms with E-state index in [1.54, 1.807) is 24.3 Å². The van der Waals surface area contributed by atoms with Gasteiger partial charge in [-0.05, 0) is 52.9 Å². The predicted octanol–water partition coefficient (Wildman–Crippen LogP) is 4.48. The molecular weight excluding hydrogens is 382 g/mol. The van der Waals surface area contributed by atoms with Crippen molar-refractivity contribution in [3.63, 3.8) is 0 Å². The number of hydrogen-bond acceptors (Lipinski definition) is 2. The Morgan fingerprint density at radius 2 is 2.05 bits per heavy atom. The van der Waals surface area contributed by atoms with E-state index in [9.17, 15) is 9.18 Å². The fourth-order valence-corrected chi connectivity index (χ4v) is 2.42. The van der Waals surface area contributed by atoms with Crippen molar-refractivity contribution in [1.82, 2.24) is 0 Å². The van der Waals surface area contributed by atoms with Gasteiger partial charge in [-0.15, -0.1) is 0 Å². The fraction of sp³-hybridized carbons (Fsp3) is 0.0714. The van der Waals surface area contributed by atoms with Gasteiger partial charge in [0.05, 0.1) is 8.59 Å². The molecule has 0 heterocycles. The molecule has 0 aliphatic heterocycles. The summed E-state index contributed by atoms with van der Waals surface area (Å²) in [6.45, 7) is 0.246. The molecule has 0 bridgehead atoms. The van der Waals surface area contributed by atoms with Crippen LogP contribution in [0.3, 0.4) is 0 Å². The summed E-state index contributed by atoms with van der Waals surface area (Å²) >= 11 is 8.00. The van der Waals surface area contributed by atoms with Crippen LogP contribution >= 0.6 is 34.2 Å². The molecule has 0 saturated heterocycles. The zero-order valence-electron chi connectivity index (χ0n) is 9.70. The summed E-state index contributed by atoms with van der Waals surface area (Å²) in [5.41, 5.74) is 1.30. The summed E-state index contributed by atoms with van der Waals surface area (Å²) in [6, 6.07) is 9.31. The van der Waals surface area contributed by atoms with Crippen molar-refractivity contribution in [2.45, 2.75) is 6.61 Å². The molecule has 0 spiro atoms. The molecule has 0 fully saturated rings. The number of carbonyl (C=O) groups excluding carboxylic acids is 1. The minimum atomic E-state index is -0.376. The van der Waals surface area contributed by atoms with Crippen LogP contribution in [0.5, 0.6) is 5.75 Å². The van der Waals surface area contributed by atoms with Crippen molar-refractivity contribution in [3.05, 3.63) is 61.9 Å². The smallest absolute Gasteiger partial charge is 0.150 e. The van der Waals surface area contributed by atoms with Crippen molar-refractivity contribution in [3.8, 4) is 5.75 Å². The average molecular weight is 391 g/mol. The molecule has 2 rings (SSSR count). The standard InChI is InChI=1S/C14H9ClFIO2/c15-12-6-11(16)3-2-10(12)8-19-14-4-1-9(7-18)5-13(14)17/h1-7H,8H2. The van der Waals surface area contributed by atoms with Crippen LogP contribution in [0, 0.1) is 9.39 Å². The molecule has 0 N–H and O–H groups in total. The Kier molecular flexibility index (Phi) is 4.76. The Labute approximate surface area is 128 Å². The number of carbonyl (C=O) groups is 1. The highest BCUT2D eigenvalue weighted by atomic mass is 127. The van der Waals surface area contributed by atoms with Crippen molar-refractivity contribution >= 4 is 40.5 Å². The summed E-state index contributed by atoms with van der Waals surface area (Å²) in [6.07, 6.45) is 0.781. The van der Waals surface area contributed by atoms with Gasteiger partial charge in [-0.25, -0.2) is 4.39 Å². The van der Waals surface area contributed by atoms with Gasteiger partial charge < -0.3 is 4.74 Å². The van der Waals surface area contributed by atoms with Crippen LogP contribution in [-0.2, 0) is 6.61 Å². The first-order valence-corrected chi connectivity index (χ1v) is 6.87. The van der Waals surface area contributed by atoms with Gasteiger partial charge >= 0.3 is 0 Å². The minimum absolute atomic E-state index is 0.246. The lowest BCUT2D eigenvalue weighted by atomic mass is 10.2. The van der Waals surface area contributed by atoms with Gasteiger partial charge in [0.25, 0.3) is 0 Å². The maximum Gasteiger partial charge on any atom is 0.150 e. The normalized spacial score (nSPS) is 10.3. The van der Waals surface area contributed by atoms with E-state index in [1.165, 1.54) is 12.1 Å². The molecule has 2 nitrogen and oxygen atoms in total. The Morgan fingerprint density at radius 3 is 2.68 bits per heavy atom. The van der Waals surface area contributed by atoms with Crippen LogP contribution < -0.4 is 4.74 Å². The topological polar surface area (TPSA) is 26.3 Å². The van der Waals surface area contributed by atoms with Crippen molar-refractivity contribution in [2.75, 3.05) is 0 Å². The maximum atomic E-state index is 12.9. The van der Waals surface area contributed by atoms with Crippen LogP contribution in [0.1, 0.15) is 15.9 Å². The molecule has 0 aromatic heterocycles. The highest BCUT2D eigenvalue weighted by Gasteiger charge is 2.06. The summed E-state index contributed by atoms with van der Waals surface area (Å²) in [7, 11) is 0. The van der Waals surface area contributed by atoms with Crippen LogP contribution in [-0.4, -0.2) is 6.29 Å². The van der Waals surface area contributed by atoms with Crippen LogP contribution in [0.25, 0.3) is 0 Å².